The molecule has 25 heavy (non-hydrogen) atoms. The van der Waals surface area contributed by atoms with Crippen LogP contribution in [0.1, 0.15) is 46.8 Å². The van der Waals surface area contributed by atoms with Crippen molar-refractivity contribution in [2.24, 2.45) is 7.05 Å². The number of carbonyl (C=O) groups excluding carboxylic acids is 1. The molecular weight excluding hydrogens is 310 g/mol. The molecule has 4 nitrogen and oxygen atoms in total. The maximum Gasteiger partial charge on any atom is 0.257 e. The van der Waals surface area contributed by atoms with Gasteiger partial charge in [-0.15, -0.1) is 0 Å². The lowest BCUT2D eigenvalue weighted by Gasteiger charge is -2.18. The predicted molar refractivity (Wildman–Crippen MR) is 99.3 cm³/mol. The highest BCUT2D eigenvalue weighted by molar-refractivity contribution is 5.99. The van der Waals surface area contributed by atoms with Crippen LogP contribution in [0, 0.1) is 0 Å². The SMILES string of the molecule is Cn1ncc(C(=O)N2CCC(c3ccccc3)C2)c1C1=CCCC=C1. The summed E-state index contributed by atoms with van der Waals surface area (Å²) >= 11 is 0. The van der Waals surface area contributed by atoms with E-state index in [4.69, 9.17) is 0 Å². The Morgan fingerprint density at radius 3 is 2.80 bits per heavy atom. The number of allylic oxidation sites excluding steroid dienone is 4. The van der Waals surface area contributed by atoms with E-state index in [0.29, 0.717) is 11.5 Å². The lowest BCUT2D eigenvalue weighted by molar-refractivity contribution is 0.0790. The van der Waals surface area contributed by atoms with Crippen LogP contribution >= 0.6 is 0 Å². The summed E-state index contributed by atoms with van der Waals surface area (Å²) in [7, 11) is 1.91. The van der Waals surface area contributed by atoms with Crippen LogP contribution in [-0.4, -0.2) is 33.7 Å². The number of aryl methyl sites for hydroxylation is 1. The number of hydrogen-bond donors (Lipinski definition) is 0. The number of likely N-dealkylation sites (tertiary alicyclic amines) is 1. The zero-order chi connectivity index (χ0) is 17.2. The fourth-order valence-electron chi connectivity index (χ4n) is 3.84. The first-order chi connectivity index (χ1) is 12.2. The van der Waals surface area contributed by atoms with E-state index in [1.165, 1.54) is 5.56 Å². The summed E-state index contributed by atoms with van der Waals surface area (Å²) in [5.41, 5.74) is 4.08. The standard InChI is InChI=1S/C21H23N3O/c1-23-20(17-10-6-3-7-11-17)19(14-22-23)21(25)24-13-12-18(15-24)16-8-4-2-5-9-16/h2,4-6,8-11,14,18H,3,7,12-13,15H2,1H3. The number of rotatable bonds is 3. The molecule has 0 bridgehead atoms. The number of benzene rings is 1. The minimum absolute atomic E-state index is 0.0985. The quantitative estimate of drug-likeness (QED) is 0.857. The number of hydrogen-bond acceptors (Lipinski definition) is 2. The maximum atomic E-state index is 13.1. The van der Waals surface area contributed by atoms with Crippen molar-refractivity contribution in [2.75, 3.05) is 13.1 Å². The number of amides is 1. The monoisotopic (exact) mass is 333 g/mol. The Morgan fingerprint density at radius 2 is 2.04 bits per heavy atom. The third-order valence-electron chi connectivity index (χ3n) is 5.18. The summed E-state index contributed by atoms with van der Waals surface area (Å²) in [5, 5.41) is 4.36. The van der Waals surface area contributed by atoms with Gasteiger partial charge in [0.05, 0.1) is 17.5 Å². The van der Waals surface area contributed by atoms with E-state index in [-0.39, 0.29) is 5.91 Å². The lowest BCUT2D eigenvalue weighted by Crippen LogP contribution is -2.29. The lowest BCUT2D eigenvalue weighted by atomic mass is 9.99. The molecule has 1 aromatic heterocycles. The third kappa shape index (κ3) is 3.04. The Bertz CT molecular complexity index is 832. The van der Waals surface area contributed by atoms with Crippen LogP contribution in [0.25, 0.3) is 5.57 Å². The molecule has 1 unspecified atom stereocenters. The highest BCUT2D eigenvalue weighted by Crippen LogP contribution is 2.30. The van der Waals surface area contributed by atoms with Crippen LogP contribution in [0.15, 0.2) is 54.8 Å². The zero-order valence-corrected chi connectivity index (χ0v) is 14.6. The maximum absolute atomic E-state index is 13.1. The molecule has 2 aliphatic rings. The summed E-state index contributed by atoms with van der Waals surface area (Å²) in [6.07, 6.45) is 11.3. The van der Waals surface area contributed by atoms with Crippen LogP contribution in [0.3, 0.4) is 0 Å². The van der Waals surface area contributed by atoms with E-state index >= 15 is 0 Å². The van der Waals surface area contributed by atoms with Crippen LogP contribution < -0.4 is 0 Å². The summed E-state index contributed by atoms with van der Waals surface area (Å²) in [6.45, 7) is 1.59. The van der Waals surface area contributed by atoms with Crippen LogP contribution in [0.4, 0.5) is 0 Å². The summed E-state index contributed by atoms with van der Waals surface area (Å²) < 4.78 is 1.82. The molecule has 2 aromatic rings. The fraction of sp³-hybridized carbons (Fsp3) is 0.333. The Hall–Kier alpha value is -2.62. The van der Waals surface area contributed by atoms with Gasteiger partial charge in [0.25, 0.3) is 5.91 Å². The van der Waals surface area contributed by atoms with Crippen molar-refractivity contribution < 1.29 is 4.79 Å². The Balaban J connectivity index is 1.56. The molecule has 4 rings (SSSR count). The van der Waals surface area contributed by atoms with Gasteiger partial charge in [-0.3, -0.25) is 9.48 Å². The van der Waals surface area contributed by atoms with Crippen molar-refractivity contribution in [2.45, 2.75) is 25.2 Å². The highest BCUT2D eigenvalue weighted by atomic mass is 16.2. The first-order valence-corrected chi connectivity index (χ1v) is 8.97. The van der Waals surface area contributed by atoms with Crippen molar-refractivity contribution in [3.63, 3.8) is 0 Å². The van der Waals surface area contributed by atoms with Gasteiger partial charge in [0, 0.05) is 26.1 Å². The topological polar surface area (TPSA) is 38.1 Å². The van der Waals surface area contributed by atoms with E-state index in [1.807, 2.05) is 22.7 Å². The smallest absolute Gasteiger partial charge is 0.257 e. The Morgan fingerprint density at radius 1 is 1.20 bits per heavy atom. The van der Waals surface area contributed by atoms with Crippen molar-refractivity contribution in [1.82, 2.24) is 14.7 Å². The van der Waals surface area contributed by atoms with Crippen molar-refractivity contribution in [3.05, 3.63) is 71.6 Å². The third-order valence-corrected chi connectivity index (χ3v) is 5.18. The van der Waals surface area contributed by atoms with Gasteiger partial charge in [-0.05, 0) is 30.4 Å². The Labute approximate surface area is 148 Å². The number of aromatic nitrogens is 2. The van der Waals surface area contributed by atoms with Crippen LogP contribution in [0.2, 0.25) is 0 Å². The number of carbonyl (C=O) groups is 1. The highest BCUT2D eigenvalue weighted by Gasteiger charge is 2.30. The zero-order valence-electron chi connectivity index (χ0n) is 14.6. The van der Waals surface area contributed by atoms with Gasteiger partial charge in [-0.2, -0.15) is 5.10 Å². The number of nitrogens with zero attached hydrogens (tertiary/aromatic N) is 3. The second kappa shape index (κ2) is 6.71. The minimum atomic E-state index is 0.0985. The van der Waals surface area contributed by atoms with Crippen LogP contribution in [-0.2, 0) is 7.05 Å². The van der Waals surface area contributed by atoms with Gasteiger partial charge in [-0.25, -0.2) is 0 Å². The fourth-order valence-corrected chi connectivity index (χ4v) is 3.84. The molecular formula is C21H23N3O. The Kier molecular flexibility index (Phi) is 4.26. The van der Waals surface area contributed by atoms with Gasteiger partial charge in [0.15, 0.2) is 0 Å². The largest absolute Gasteiger partial charge is 0.338 e. The first kappa shape index (κ1) is 15.9. The minimum Gasteiger partial charge on any atom is -0.338 e. The summed E-state index contributed by atoms with van der Waals surface area (Å²) in [6, 6.07) is 10.5. The van der Waals surface area contributed by atoms with Gasteiger partial charge in [0.1, 0.15) is 0 Å². The average Bonchev–Trinajstić information content (AvgIpc) is 3.30. The van der Waals surface area contributed by atoms with Crippen molar-refractivity contribution >= 4 is 11.5 Å². The molecule has 0 N–H and O–H groups in total. The summed E-state index contributed by atoms with van der Waals surface area (Å²) in [4.78, 5) is 15.1. The molecule has 2 heterocycles. The normalized spacial score (nSPS) is 20.0. The molecule has 1 aromatic carbocycles. The van der Waals surface area contributed by atoms with E-state index in [1.54, 1.807) is 6.20 Å². The molecule has 1 atom stereocenters. The van der Waals surface area contributed by atoms with Gasteiger partial charge < -0.3 is 4.90 Å². The van der Waals surface area contributed by atoms with E-state index in [9.17, 15) is 4.79 Å². The molecule has 0 spiro atoms. The molecule has 1 saturated heterocycles. The van der Waals surface area contributed by atoms with E-state index in [0.717, 1.165) is 43.6 Å². The first-order valence-electron chi connectivity index (χ1n) is 8.97. The molecule has 1 fully saturated rings. The molecule has 1 aliphatic carbocycles. The second-order valence-electron chi connectivity index (χ2n) is 6.82. The van der Waals surface area contributed by atoms with Crippen LogP contribution in [0.5, 0.6) is 0 Å². The van der Waals surface area contributed by atoms with Crippen molar-refractivity contribution in [1.29, 1.82) is 0 Å². The molecule has 0 saturated carbocycles. The van der Waals surface area contributed by atoms with E-state index < -0.39 is 0 Å². The molecule has 4 heteroatoms. The molecule has 1 amide bonds. The van der Waals surface area contributed by atoms with Gasteiger partial charge in [-0.1, -0.05) is 48.6 Å². The van der Waals surface area contributed by atoms with Crippen molar-refractivity contribution in [3.8, 4) is 0 Å². The van der Waals surface area contributed by atoms with Gasteiger partial charge in [0.2, 0.25) is 0 Å². The van der Waals surface area contributed by atoms with Gasteiger partial charge >= 0.3 is 0 Å². The van der Waals surface area contributed by atoms with E-state index in [2.05, 4.69) is 47.6 Å². The second-order valence-corrected chi connectivity index (χ2v) is 6.82. The molecule has 1 aliphatic heterocycles. The molecule has 0 radical (unpaired) electrons. The molecule has 128 valence electrons. The predicted octanol–water partition coefficient (Wildman–Crippen LogP) is 3.78. The summed E-state index contributed by atoms with van der Waals surface area (Å²) in [5.74, 6) is 0.528. The average molecular weight is 333 g/mol.